The summed E-state index contributed by atoms with van der Waals surface area (Å²) in [6.07, 6.45) is 5.20. The Morgan fingerprint density at radius 1 is 1.20 bits per heavy atom. The van der Waals surface area contributed by atoms with Gasteiger partial charge >= 0.3 is 0 Å². The number of hydrogen-bond acceptors (Lipinski definition) is 2. The molecule has 0 spiro atoms. The molecule has 1 aliphatic rings. The van der Waals surface area contributed by atoms with Crippen molar-refractivity contribution in [1.82, 2.24) is 5.32 Å². The first-order valence-corrected chi connectivity index (χ1v) is 8.10. The lowest BCUT2D eigenvalue weighted by molar-refractivity contribution is 0.289. The predicted octanol–water partition coefficient (Wildman–Crippen LogP) is 4.39. The molecule has 2 atom stereocenters. The standard InChI is InChI=1S/C18H29NO/c1-14(2)11-12-20-17-9-7-16(8-10-17)13-19-18-6-4-5-15(18)3/h7-10,14-15,18-19H,4-6,11-13H2,1-3H3. The van der Waals surface area contributed by atoms with Crippen LogP contribution in [0.2, 0.25) is 0 Å². The molecular formula is C18H29NO. The van der Waals surface area contributed by atoms with Crippen LogP contribution in [0.3, 0.4) is 0 Å². The molecular weight excluding hydrogens is 246 g/mol. The quantitative estimate of drug-likeness (QED) is 0.797. The molecule has 2 heteroatoms. The molecule has 1 aromatic rings. The summed E-state index contributed by atoms with van der Waals surface area (Å²) in [6.45, 7) is 8.59. The Morgan fingerprint density at radius 2 is 1.95 bits per heavy atom. The largest absolute Gasteiger partial charge is 0.494 e. The first-order chi connectivity index (χ1) is 9.65. The molecule has 1 aromatic carbocycles. The summed E-state index contributed by atoms with van der Waals surface area (Å²) < 4.78 is 5.75. The van der Waals surface area contributed by atoms with E-state index in [1.165, 1.54) is 24.8 Å². The summed E-state index contributed by atoms with van der Waals surface area (Å²) in [5.41, 5.74) is 1.35. The van der Waals surface area contributed by atoms with Crippen LogP contribution in [0.4, 0.5) is 0 Å². The lowest BCUT2D eigenvalue weighted by atomic mass is 10.1. The van der Waals surface area contributed by atoms with E-state index in [0.717, 1.165) is 31.2 Å². The number of hydrogen-bond donors (Lipinski definition) is 1. The number of nitrogens with one attached hydrogen (secondary N) is 1. The van der Waals surface area contributed by atoms with Crippen molar-refractivity contribution in [2.75, 3.05) is 6.61 Å². The summed E-state index contributed by atoms with van der Waals surface area (Å²) >= 11 is 0. The van der Waals surface area contributed by atoms with Crippen LogP contribution in [0.25, 0.3) is 0 Å². The van der Waals surface area contributed by atoms with E-state index in [-0.39, 0.29) is 0 Å². The molecule has 1 aliphatic carbocycles. The maximum absolute atomic E-state index is 5.75. The summed E-state index contributed by atoms with van der Waals surface area (Å²) in [4.78, 5) is 0. The van der Waals surface area contributed by atoms with E-state index in [1.807, 2.05) is 0 Å². The van der Waals surface area contributed by atoms with E-state index in [0.29, 0.717) is 12.0 Å². The zero-order chi connectivity index (χ0) is 14.4. The molecule has 0 aromatic heterocycles. The molecule has 2 nitrogen and oxygen atoms in total. The van der Waals surface area contributed by atoms with Gasteiger partial charge in [0.25, 0.3) is 0 Å². The van der Waals surface area contributed by atoms with Crippen LogP contribution in [-0.2, 0) is 6.54 Å². The van der Waals surface area contributed by atoms with Gasteiger partial charge < -0.3 is 10.1 Å². The van der Waals surface area contributed by atoms with Gasteiger partial charge in [-0.2, -0.15) is 0 Å². The average molecular weight is 275 g/mol. The summed E-state index contributed by atoms with van der Waals surface area (Å²) in [6, 6.07) is 9.25. The second-order valence-electron chi connectivity index (χ2n) is 6.57. The number of benzene rings is 1. The van der Waals surface area contributed by atoms with Gasteiger partial charge in [-0.1, -0.05) is 39.3 Å². The van der Waals surface area contributed by atoms with Crippen LogP contribution in [0, 0.1) is 11.8 Å². The third-order valence-electron chi connectivity index (χ3n) is 4.32. The Bertz CT molecular complexity index is 385. The Hall–Kier alpha value is -1.02. The van der Waals surface area contributed by atoms with Crippen LogP contribution in [0.15, 0.2) is 24.3 Å². The van der Waals surface area contributed by atoms with Crippen molar-refractivity contribution >= 4 is 0 Å². The van der Waals surface area contributed by atoms with Crippen LogP contribution in [0.5, 0.6) is 5.75 Å². The highest BCUT2D eigenvalue weighted by Crippen LogP contribution is 2.25. The smallest absolute Gasteiger partial charge is 0.119 e. The lowest BCUT2D eigenvalue weighted by Gasteiger charge is -2.17. The van der Waals surface area contributed by atoms with Gasteiger partial charge in [0.15, 0.2) is 0 Å². The van der Waals surface area contributed by atoms with Crippen LogP contribution < -0.4 is 10.1 Å². The molecule has 1 N–H and O–H groups in total. The minimum absolute atomic E-state index is 0.701. The molecule has 2 rings (SSSR count). The fourth-order valence-electron chi connectivity index (χ4n) is 2.81. The minimum atomic E-state index is 0.701. The maximum atomic E-state index is 5.75. The Morgan fingerprint density at radius 3 is 2.55 bits per heavy atom. The molecule has 0 aliphatic heterocycles. The van der Waals surface area contributed by atoms with Crippen LogP contribution in [0.1, 0.15) is 52.0 Å². The van der Waals surface area contributed by atoms with Gasteiger partial charge in [-0.3, -0.25) is 0 Å². The predicted molar refractivity (Wildman–Crippen MR) is 85.0 cm³/mol. The molecule has 0 bridgehead atoms. The average Bonchev–Trinajstić information content (AvgIpc) is 2.83. The molecule has 0 heterocycles. The van der Waals surface area contributed by atoms with E-state index in [4.69, 9.17) is 4.74 Å². The molecule has 112 valence electrons. The molecule has 1 fully saturated rings. The van der Waals surface area contributed by atoms with Crippen molar-refractivity contribution in [3.05, 3.63) is 29.8 Å². The zero-order valence-electron chi connectivity index (χ0n) is 13.2. The summed E-state index contributed by atoms with van der Waals surface area (Å²) in [5.74, 6) is 2.52. The van der Waals surface area contributed by atoms with Crippen molar-refractivity contribution in [2.45, 2.75) is 59.0 Å². The normalized spacial score (nSPS) is 22.4. The van der Waals surface area contributed by atoms with E-state index >= 15 is 0 Å². The Balaban J connectivity index is 1.73. The summed E-state index contributed by atoms with van der Waals surface area (Å²) in [5, 5.41) is 3.68. The fraction of sp³-hybridized carbons (Fsp3) is 0.667. The first-order valence-electron chi connectivity index (χ1n) is 8.10. The van der Waals surface area contributed by atoms with Gasteiger partial charge in [-0.05, 0) is 48.8 Å². The number of rotatable bonds is 7. The van der Waals surface area contributed by atoms with Gasteiger partial charge in [-0.25, -0.2) is 0 Å². The van der Waals surface area contributed by atoms with Crippen molar-refractivity contribution in [2.24, 2.45) is 11.8 Å². The fourth-order valence-corrected chi connectivity index (χ4v) is 2.81. The third-order valence-corrected chi connectivity index (χ3v) is 4.32. The molecule has 1 saturated carbocycles. The minimum Gasteiger partial charge on any atom is -0.494 e. The van der Waals surface area contributed by atoms with Gasteiger partial charge in [0, 0.05) is 12.6 Å². The van der Waals surface area contributed by atoms with E-state index < -0.39 is 0 Å². The van der Waals surface area contributed by atoms with Crippen molar-refractivity contribution in [3.63, 3.8) is 0 Å². The highest BCUT2D eigenvalue weighted by Gasteiger charge is 2.22. The van der Waals surface area contributed by atoms with Gasteiger partial charge in [-0.15, -0.1) is 0 Å². The monoisotopic (exact) mass is 275 g/mol. The van der Waals surface area contributed by atoms with E-state index in [1.54, 1.807) is 0 Å². The highest BCUT2D eigenvalue weighted by atomic mass is 16.5. The lowest BCUT2D eigenvalue weighted by Crippen LogP contribution is -2.30. The topological polar surface area (TPSA) is 21.3 Å². The molecule has 2 unspecified atom stereocenters. The second kappa shape index (κ2) is 7.68. The third kappa shape index (κ3) is 4.82. The van der Waals surface area contributed by atoms with Gasteiger partial charge in [0.05, 0.1) is 6.61 Å². The molecule has 0 radical (unpaired) electrons. The van der Waals surface area contributed by atoms with Gasteiger partial charge in [0.2, 0.25) is 0 Å². The second-order valence-corrected chi connectivity index (χ2v) is 6.57. The molecule has 20 heavy (non-hydrogen) atoms. The molecule has 0 amide bonds. The number of ether oxygens (including phenoxy) is 1. The van der Waals surface area contributed by atoms with Crippen LogP contribution >= 0.6 is 0 Å². The molecule has 0 saturated heterocycles. The van der Waals surface area contributed by atoms with Crippen molar-refractivity contribution in [1.29, 1.82) is 0 Å². The maximum Gasteiger partial charge on any atom is 0.119 e. The zero-order valence-corrected chi connectivity index (χ0v) is 13.2. The SMILES string of the molecule is CC(C)CCOc1ccc(CNC2CCCC2C)cc1. The van der Waals surface area contributed by atoms with E-state index in [9.17, 15) is 0 Å². The Labute approximate surface area is 123 Å². The first kappa shape index (κ1) is 15.4. The van der Waals surface area contributed by atoms with Gasteiger partial charge in [0.1, 0.15) is 5.75 Å². The van der Waals surface area contributed by atoms with Crippen molar-refractivity contribution < 1.29 is 4.74 Å². The van der Waals surface area contributed by atoms with E-state index in [2.05, 4.69) is 50.4 Å². The highest BCUT2D eigenvalue weighted by molar-refractivity contribution is 5.27. The van der Waals surface area contributed by atoms with Crippen LogP contribution in [-0.4, -0.2) is 12.6 Å². The Kier molecular flexibility index (Phi) is 5.90. The van der Waals surface area contributed by atoms with Crippen molar-refractivity contribution in [3.8, 4) is 5.75 Å². The summed E-state index contributed by atoms with van der Waals surface area (Å²) in [7, 11) is 0.